The zero-order valence-electron chi connectivity index (χ0n) is 9.62. The molecule has 1 N–H and O–H groups in total. The van der Waals surface area contributed by atoms with Crippen molar-refractivity contribution in [2.45, 2.75) is 19.3 Å². The van der Waals surface area contributed by atoms with Crippen LogP contribution in [0.25, 0.3) is 0 Å². The highest BCUT2D eigenvalue weighted by atomic mass is 32.1. The van der Waals surface area contributed by atoms with Crippen LogP contribution in [0.1, 0.15) is 18.7 Å². The van der Waals surface area contributed by atoms with Crippen LogP contribution in [-0.2, 0) is 5.41 Å². The van der Waals surface area contributed by atoms with E-state index in [1.165, 1.54) is 24.5 Å². The van der Waals surface area contributed by atoms with Crippen LogP contribution in [0.3, 0.4) is 0 Å². The van der Waals surface area contributed by atoms with Crippen molar-refractivity contribution >= 4 is 11.3 Å². The van der Waals surface area contributed by atoms with Crippen LogP contribution in [0.5, 0.6) is 0 Å². The van der Waals surface area contributed by atoms with Gasteiger partial charge in [0.15, 0.2) is 0 Å². The predicted octanol–water partition coefficient (Wildman–Crippen LogP) is 1.93. The summed E-state index contributed by atoms with van der Waals surface area (Å²) >= 11 is 1.88. The highest BCUT2D eigenvalue weighted by Gasteiger charge is 2.25. The molecule has 1 fully saturated rings. The Labute approximate surface area is 96.3 Å². The van der Waals surface area contributed by atoms with Gasteiger partial charge in [0.2, 0.25) is 0 Å². The third-order valence-corrected chi connectivity index (χ3v) is 4.25. The summed E-state index contributed by atoms with van der Waals surface area (Å²) in [6.45, 7) is 10.5. The van der Waals surface area contributed by atoms with Crippen LogP contribution < -0.4 is 5.32 Å². The topological polar surface area (TPSA) is 15.3 Å². The average Bonchev–Trinajstić information content (AvgIpc) is 2.71. The summed E-state index contributed by atoms with van der Waals surface area (Å²) < 4.78 is 0. The van der Waals surface area contributed by atoms with Crippen LogP contribution in [0.15, 0.2) is 17.5 Å². The molecule has 1 aromatic heterocycles. The number of piperazine rings is 1. The lowest BCUT2D eigenvalue weighted by molar-refractivity contribution is 0.201. The first-order valence-corrected chi connectivity index (χ1v) is 6.53. The van der Waals surface area contributed by atoms with Crippen LogP contribution >= 0.6 is 11.3 Å². The zero-order valence-corrected chi connectivity index (χ0v) is 10.4. The molecule has 2 heterocycles. The smallest absolute Gasteiger partial charge is 0.0118 e. The molecule has 2 rings (SSSR count). The van der Waals surface area contributed by atoms with Crippen LogP contribution in [-0.4, -0.2) is 37.6 Å². The van der Waals surface area contributed by atoms with Crippen LogP contribution in [0.4, 0.5) is 0 Å². The molecular formula is C12H20N2S. The van der Waals surface area contributed by atoms with E-state index in [1.807, 2.05) is 11.3 Å². The number of hydrogen-bond acceptors (Lipinski definition) is 3. The maximum Gasteiger partial charge on any atom is 0.0118 e. The second-order valence-electron chi connectivity index (χ2n) is 4.89. The summed E-state index contributed by atoms with van der Waals surface area (Å²) in [4.78, 5) is 4.07. The molecule has 0 atom stereocenters. The van der Waals surface area contributed by atoms with Gasteiger partial charge in [-0.15, -0.1) is 11.3 Å². The Morgan fingerprint density at radius 3 is 2.73 bits per heavy atom. The van der Waals surface area contributed by atoms with Gasteiger partial charge < -0.3 is 5.32 Å². The van der Waals surface area contributed by atoms with E-state index in [0.29, 0.717) is 5.41 Å². The molecule has 1 aromatic rings. The number of nitrogens with zero attached hydrogens (tertiary/aromatic N) is 1. The molecule has 0 aliphatic carbocycles. The van der Waals surface area contributed by atoms with Crippen LogP contribution in [0, 0.1) is 0 Å². The van der Waals surface area contributed by atoms with Gasteiger partial charge >= 0.3 is 0 Å². The molecule has 0 bridgehead atoms. The molecule has 0 aromatic carbocycles. The Balaban J connectivity index is 1.97. The van der Waals surface area contributed by atoms with E-state index in [9.17, 15) is 0 Å². The fourth-order valence-electron chi connectivity index (χ4n) is 2.17. The molecule has 0 spiro atoms. The van der Waals surface area contributed by atoms with Gasteiger partial charge in [-0.05, 0) is 11.4 Å². The second kappa shape index (κ2) is 4.64. The monoisotopic (exact) mass is 224 g/mol. The maximum atomic E-state index is 3.40. The molecule has 1 aliphatic rings. The number of hydrogen-bond donors (Lipinski definition) is 1. The molecule has 0 radical (unpaired) electrons. The van der Waals surface area contributed by atoms with E-state index in [0.717, 1.165) is 13.1 Å². The molecular weight excluding hydrogens is 204 g/mol. The number of thiophene rings is 1. The molecule has 0 saturated carbocycles. The largest absolute Gasteiger partial charge is 0.314 e. The molecule has 84 valence electrons. The summed E-state index contributed by atoms with van der Waals surface area (Å²) in [5.41, 5.74) is 0.297. The summed E-state index contributed by atoms with van der Waals surface area (Å²) in [6.07, 6.45) is 0. The van der Waals surface area contributed by atoms with Gasteiger partial charge in [-0.2, -0.15) is 0 Å². The minimum Gasteiger partial charge on any atom is -0.314 e. The van der Waals surface area contributed by atoms with Gasteiger partial charge in [-0.25, -0.2) is 0 Å². The van der Waals surface area contributed by atoms with Gasteiger partial charge in [0.05, 0.1) is 0 Å². The van der Waals surface area contributed by atoms with Crippen molar-refractivity contribution in [2.24, 2.45) is 0 Å². The first-order chi connectivity index (χ1) is 7.18. The van der Waals surface area contributed by atoms with Crippen molar-refractivity contribution < 1.29 is 0 Å². The molecule has 3 heteroatoms. The molecule has 0 unspecified atom stereocenters. The first-order valence-electron chi connectivity index (χ1n) is 5.65. The van der Waals surface area contributed by atoms with Gasteiger partial charge in [0.25, 0.3) is 0 Å². The minimum absolute atomic E-state index is 0.297. The predicted molar refractivity (Wildman–Crippen MR) is 66.7 cm³/mol. The molecule has 0 amide bonds. The van der Waals surface area contributed by atoms with Crippen LogP contribution in [0.2, 0.25) is 0 Å². The van der Waals surface area contributed by atoms with Gasteiger partial charge in [-0.1, -0.05) is 19.9 Å². The summed E-state index contributed by atoms with van der Waals surface area (Å²) in [5.74, 6) is 0. The lowest BCUT2D eigenvalue weighted by atomic mass is 9.90. The van der Waals surface area contributed by atoms with Crippen molar-refractivity contribution in [2.75, 3.05) is 32.7 Å². The Morgan fingerprint density at radius 1 is 1.40 bits per heavy atom. The quantitative estimate of drug-likeness (QED) is 0.844. The fraction of sp³-hybridized carbons (Fsp3) is 0.667. The highest BCUT2D eigenvalue weighted by Crippen LogP contribution is 2.28. The number of rotatable bonds is 3. The summed E-state index contributed by atoms with van der Waals surface area (Å²) in [5, 5.41) is 5.57. The van der Waals surface area contributed by atoms with E-state index in [4.69, 9.17) is 0 Å². The second-order valence-corrected chi connectivity index (χ2v) is 5.84. The third-order valence-electron chi connectivity index (χ3n) is 3.02. The Kier molecular flexibility index (Phi) is 3.44. The molecule has 1 saturated heterocycles. The van der Waals surface area contributed by atoms with Crippen molar-refractivity contribution in [3.8, 4) is 0 Å². The third kappa shape index (κ3) is 2.80. The maximum absolute atomic E-state index is 3.40. The van der Waals surface area contributed by atoms with Crippen molar-refractivity contribution in [3.05, 3.63) is 22.4 Å². The van der Waals surface area contributed by atoms with E-state index in [-0.39, 0.29) is 0 Å². The molecule has 2 nitrogen and oxygen atoms in total. The van der Waals surface area contributed by atoms with E-state index in [1.54, 1.807) is 0 Å². The Morgan fingerprint density at radius 2 is 2.13 bits per heavy atom. The Bertz CT molecular complexity index is 287. The SMILES string of the molecule is CC(C)(CN1CCNCC1)c1cccs1. The summed E-state index contributed by atoms with van der Waals surface area (Å²) in [7, 11) is 0. The van der Waals surface area contributed by atoms with Crippen molar-refractivity contribution in [1.82, 2.24) is 10.2 Å². The molecule has 1 aliphatic heterocycles. The first kappa shape index (κ1) is 11.1. The van der Waals surface area contributed by atoms with E-state index < -0.39 is 0 Å². The normalized spacial score (nSPS) is 19.3. The lowest BCUT2D eigenvalue weighted by Crippen LogP contribution is -2.47. The lowest BCUT2D eigenvalue weighted by Gasteiger charge is -2.34. The van der Waals surface area contributed by atoms with E-state index in [2.05, 4.69) is 41.6 Å². The summed E-state index contributed by atoms with van der Waals surface area (Å²) in [6, 6.07) is 4.41. The van der Waals surface area contributed by atoms with Gasteiger partial charge in [0.1, 0.15) is 0 Å². The van der Waals surface area contributed by atoms with Crippen molar-refractivity contribution in [3.63, 3.8) is 0 Å². The standard InChI is InChI=1S/C12H20N2S/c1-12(2,11-4-3-9-15-11)10-14-7-5-13-6-8-14/h3-4,9,13H,5-8,10H2,1-2H3. The van der Waals surface area contributed by atoms with Crippen molar-refractivity contribution in [1.29, 1.82) is 0 Å². The van der Waals surface area contributed by atoms with E-state index >= 15 is 0 Å². The van der Waals surface area contributed by atoms with Gasteiger partial charge in [0, 0.05) is 43.0 Å². The average molecular weight is 224 g/mol. The van der Waals surface area contributed by atoms with Gasteiger partial charge in [-0.3, -0.25) is 4.90 Å². The highest BCUT2D eigenvalue weighted by molar-refractivity contribution is 7.10. The Hall–Kier alpha value is -0.380. The fourth-order valence-corrected chi connectivity index (χ4v) is 3.01. The zero-order chi connectivity index (χ0) is 10.7. The number of nitrogens with one attached hydrogen (secondary N) is 1. The minimum atomic E-state index is 0.297. The molecule has 15 heavy (non-hydrogen) atoms.